The fourth-order valence-corrected chi connectivity index (χ4v) is 1.61. The van der Waals surface area contributed by atoms with Crippen LogP contribution in [0.2, 0.25) is 0 Å². The van der Waals surface area contributed by atoms with E-state index >= 15 is 0 Å². The minimum atomic E-state index is -1.13. The van der Waals surface area contributed by atoms with Gasteiger partial charge in [-0.25, -0.2) is 8.78 Å². The van der Waals surface area contributed by atoms with Crippen LogP contribution in [0.1, 0.15) is 11.4 Å². The number of benzene rings is 1. The summed E-state index contributed by atoms with van der Waals surface area (Å²) in [4.78, 5) is 0. The summed E-state index contributed by atoms with van der Waals surface area (Å²) in [6.45, 7) is 0.384. The number of anilines is 1. The zero-order valence-electron chi connectivity index (χ0n) is 10.2. The number of hydrogen-bond acceptors (Lipinski definition) is 4. The Morgan fingerprint density at radius 3 is 2.79 bits per heavy atom. The number of aromatic nitrogens is 3. The van der Waals surface area contributed by atoms with Crippen LogP contribution in [-0.4, -0.2) is 21.3 Å². The Kier molecular flexibility index (Phi) is 3.71. The van der Waals surface area contributed by atoms with Gasteiger partial charge in [0.05, 0.1) is 11.3 Å². The molecule has 0 spiro atoms. The molecule has 0 aliphatic heterocycles. The van der Waals surface area contributed by atoms with Crippen LogP contribution in [0.4, 0.5) is 14.5 Å². The highest BCUT2D eigenvalue weighted by atomic mass is 19.2. The lowest BCUT2D eigenvalue weighted by atomic mass is 10.2. The first-order chi connectivity index (χ1) is 9.13. The first kappa shape index (κ1) is 13.0. The second-order valence-corrected chi connectivity index (χ2v) is 3.94. The minimum Gasteiger partial charge on any atom is -0.382 e. The van der Waals surface area contributed by atoms with Crippen molar-refractivity contribution in [3.63, 3.8) is 0 Å². The number of nitrogens with zero attached hydrogens (tertiary/aromatic N) is 4. The predicted octanol–water partition coefficient (Wildman–Crippen LogP) is 1.62. The third kappa shape index (κ3) is 2.68. The molecule has 0 atom stereocenters. The van der Waals surface area contributed by atoms with Crippen molar-refractivity contribution in [1.29, 1.82) is 5.26 Å². The van der Waals surface area contributed by atoms with Crippen molar-refractivity contribution >= 4 is 5.69 Å². The van der Waals surface area contributed by atoms with Crippen LogP contribution in [0.15, 0.2) is 18.5 Å². The van der Waals surface area contributed by atoms with E-state index in [-0.39, 0.29) is 11.3 Å². The number of nitriles is 1. The molecule has 0 saturated heterocycles. The maximum absolute atomic E-state index is 13.6. The van der Waals surface area contributed by atoms with E-state index < -0.39 is 11.6 Å². The highest BCUT2D eigenvalue weighted by molar-refractivity contribution is 5.49. The molecule has 0 radical (unpaired) electrons. The molecule has 1 aromatic heterocycles. The Hall–Kier alpha value is -2.49. The molecule has 0 fully saturated rings. The Bertz CT molecular complexity index is 630. The van der Waals surface area contributed by atoms with Crippen molar-refractivity contribution in [2.24, 2.45) is 7.05 Å². The van der Waals surface area contributed by atoms with Crippen LogP contribution in [0, 0.1) is 23.0 Å². The maximum atomic E-state index is 13.6. The average molecular weight is 263 g/mol. The first-order valence-corrected chi connectivity index (χ1v) is 5.58. The van der Waals surface area contributed by atoms with E-state index in [0.717, 1.165) is 5.82 Å². The van der Waals surface area contributed by atoms with Crippen molar-refractivity contribution in [3.8, 4) is 6.07 Å². The number of aryl methyl sites for hydroxylation is 1. The van der Waals surface area contributed by atoms with Gasteiger partial charge in [-0.05, 0) is 12.1 Å². The van der Waals surface area contributed by atoms with E-state index in [1.54, 1.807) is 24.0 Å². The lowest BCUT2D eigenvalue weighted by molar-refractivity contribution is 0.508. The zero-order valence-corrected chi connectivity index (χ0v) is 10.2. The van der Waals surface area contributed by atoms with Gasteiger partial charge in [-0.15, -0.1) is 10.2 Å². The third-order valence-corrected chi connectivity index (χ3v) is 2.67. The lowest BCUT2D eigenvalue weighted by Gasteiger charge is -2.08. The van der Waals surface area contributed by atoms with E-state index in [1.165, 1.54) is 12.1 Å². The Balaban J connectivity index is 2.03. The van der Waals surface area contributed by atoms with Crippen LogP contribution in [0.5, 0.6) is 0 Å². The SMILES string of the molecule is Cn1cnnc1CCNc1ccc(C#N)c(F)c1F. The molecule has 0 bridgehead atoms. The van der Waals surface area contributed by atoms with Crippen molar-refractivity contribution < 1.29 is 8.78 Å². The molecule has 1 heterocycles. The summed E-state index contributed by atoms with van der Waals surface area (Å²) in [5, 5.41) is 18.9. The van der Waals surface area contributed by atoms with Gasteiger partial charge < -0.3 is 9.88 Å². The van der Waals surface area contributed by atoms with Gasteiger partial charge in [0.15, 0.2) is 11.6 Å². The molecular formula is C12H11F2N5. The maximum Gasteiger partial charge on any atom is 0.183 e. The summed E-state index contributed by atoms with van der Waals surface area (Å²) in [7, 11) is 1.80. The summed E-state index contributed by atoms with van der Waals surface area (Å²) in [6.07, 6.45) is 2.09. The van der Waals surface area contributed by atoms with Gasteiger partial charge in [0.2, 0.25) is 0 Å². The molecule has 0 aliphatic carbocycles. The van der Waals surface area contributed by atoms with E-state index in [2.05, 4.69) is 15.5 Å². The second-order valence-electron chi connectivity index (χ2n) is 3.94. The summed E-state index contributed by atoms with van der Waals surface area (Å²) in [6, 6.07) is 4.16. The van der Waals surface area contributed by atoms with Gasteiger partial charge in [0, 0.05) is 20.0 Å². The molecule has 0 aliphatic rings. The molecule has 98 valence electrons. The van der Waals surface area contributed by atoms with Crippen molar-refractivity contribution in [3.05, 3.63) is 41.5 Å². The van der Waals surface area contributed by atoms with Crippen LogP contribution in [0.3, 0.4) is 0 Å². The number of rotatable bonds is 4. The van der Waals surface area contributed by atoms with Crippen LogP contribution < -0.4 is 5.32 Å². The molecule has 0 saturated carbocycles. The van der Waals surface area contributed by atoms with Crippen molar-refractivity contribution in [1.82, 2.24) is 14.8 Å². The average Bonchev–Trinajstić information content (AvgIpc) is 2.81. The topological polar surface area (TPSA) is 66.5 Å². The normalized spacial score (nSPS) is 10.2. The summed E-state index contributed by atoms with van der Waals surface area (Å²) in [5.41, 5.74) is -0.282. The number of nitrogens with one attached hydrogen (secondary N) is 1. The molecule has 0 amide bonds. The summed E-state index contributed by atoms with van der Waals surface area (Å²) < 4.78 is 28.7. The van der Waals surface area contributed by atoms with Crippen LogP contribution >= 0.6 is 0 Å². The van der Waals surface area contributed by atoms with Crippen molar-refractivity contribution in [2.45, 2.75) is 6.42 Å². The van der Waals surface area contributed by atoms with Crippen LogP contribution in [-0.2, 0) is 13.5 Å². The van der Waals surface area contributed by atoms with E-state index in [9.17, 15) is 8.78 Å². The van der Waals surface area contributed by atoms with Crippen LogP contribution in [0.25, 0.3) is 0 Å². The van der Waals surface area contributed by atoms with E-state index in [4.69, 9.17) is 5.26 Å². The monoisotopic (exact) mass is 263 g/mol. The Morgan fingerprint density at radius 1 is 1.37 bits per heavy atom. The fraction of sp³-hybridized carbons (Fsp3) is 0.250. The van der Waals surface area contributed by atoms with Gasteiger partial charge in [-0.1, -0.05) is 0 Å². The molecule has 1 N–H and O–H groups in total. The smallest absolute Gasteiger partial charge is 0.183 e. The number of hydrogen-bond donors (Lipinski definition) is 1. The molecule has 5 nitrogen and oxygen atoms in total. The fourth-order valence-electron chi connectivity index (χ4n) is 1.61. The van der Waals surface area contributed by atoms with E-state index in [1.807, 2.05) is 0 Å². The Labute approximate surface area is 108 Å². The molecular weight excluding hydrogens is 252 g/mol. The van der Waals surface area contributed by atoms with Gasteiger partial charge in [-0.3, -0.25) is 0 Å². The standard InChI is InChI=1S/C12H11F2N5/c1-19-7-17-18-10(19)4-5-16-9-3-2-8(6-15)11(13)12(9)14/h2-3,7,16H,4-5H2,1H3. The molecule has 7 heteroatoms. The minimum absolute atomic E-state index is 0.0265. The first-order valence-electron chi connectivity index (χ1n) is 5.58. The quantitative estimate of drug-likeness (QED) is 0.910. The highest BCUT2D eigenvalue weighted by Crippen LogP contribution is 2.19. The van der Waals surface area contributed by atoms with Gasteiger partial charge in [0.25, 0.3) is 0 Å². The lowest BCUT2D eigenvalue weighted by Crippen LogP contribution is -2.10. The highest BCUT2D eigenvalue weighted by Gasteiger charge is 2.12. The Morgan fingerprint density at radius 2 is 2.16 bits per heavy atom. The molecule has 2 aromatic rings. The van der Waals surface area contributed by atoms with Gasteiger partial charge in [0.1, 0.15) is 18.2 Å². The number of halogens is 2. The molecule has 0 unspecified atom stereocenters. The molecule has 1 aromatic carbocycles. The molecule has 19 heavy (non-hydrogen) atoms. The van der Waals surface area contributed by atoms with Crippen molar-refractivity contribution in [2.75, 3.05) is 11.9 Å². The van der Waals surface area contributed by atoms with Gasteiger partial charge >= 0.3 is 0 Å². The van der Waals surface area contributed by atoms with Gasteiger partial charge in [-0.2, -0.15) is 5.26 Å². The zero-order chi connectivity index (χ0) is 13.8. The largest absolute Gasteiger partial charge is 0.382 e. The second kappa shape index (κ2) is 5.44. The van der Waals surface area contributed by atoms with E-state index in [0.29, 0.717) is 13.0 Å². The third-order valence-electron chi connectivity index (χ3n) is 2.67. The summed E-state index contributed by atoms with van der Waals surface area (Å²) in [5.74, 6) is -1.44. The summed E-state index contributed by atoms with van der Waals surface area (Å²) >= 11 is 0. The molecule has 2 rings (SSSR count). The predicted molar refractivity (Wildman–Crippen MR) is 64.3 cm³/mol.